The number of hydrogen-bond donors (Lipinski definition) is 0. The first-order chi connectivity index (χ1) is 15.3. The summed E-state index contributed by atoms with van der Waals surface area (Å²) in [4.78, 5) is 0. The largest absolute Gasteiger partial charge is 0.369 e. The molecule has 0 fully saturated rings. The molecule has 1 aromatic heterocycles. The maximum absolute atomic E-state index is 6.63. The molecule has 0 bridgehead atoms. The van der Waals surface area contributed by atoms with E-state index in [1.165, 1.54) is 32.8 Å². The average molecular weight is 397 g/mol. The summed E-state index contributed by atoms with van der Waals surface area (Å²) >= 11 is 0. The predicted molar refractivity (Wildman–Crippen MR) is 131 cm³/mol. The molecule has 0 aliphatic carbocycles. The van der Waals surface area contributed by atoms with Crippen LogP contribution in [0.3, 0.4) is 0 Å². The zero-order valence-electron chi connectivity index (χ0n) is 17.3. The van der Waals surface area contributed by atoms with Crippen molar-refractivity contribution in [3.8, 4) is 22.5 Å². The van der Waals surface area contributed by atoms with Gasteiger partial charge in [-0.05, 0) is 58.5 Å². The van der Waals surface area contributed by atoms with Crippen molar-refractivity contribution < 1.29 is 4.42 Å². The third-order valence-electron chi connectivity index (χ3n) is 6.10. The quantitative estimate of drug-likeness (QED) is 0.210. The molecule has 0 unspecified atom stereocenters. The van der Waals surface area contributed by atoms with E-state index >= 15 is 0 Å². The summed E-state index contributed by atoms with van der Waals surface area (Å²) in [5, 5.41) is 5.97. The van der Waals surface area contributed by atoms with Crippen LogP contribution in [0.25, 0.3) is 55.0 Å². The molecule has 1 heterocycles. The van der Waals surface area contributed by atoms with Crippen LogP contribution in [0.5, 0.6) is 0 Å². The van der Waals surface area contributed by atoms with Gasteiger partial charge in [-0.2, -0.15) is 0 Å². The Morgan fingerprint density at radius 3 is 2.06 bits per heavy atom. The summed E-state index contributed by atoms with van der Waals surface area (Å²) in [6, 6.07) is 38.5. The van der Waals surface area contributed by atoms with Crippen LogP contribution in [-0.2, 0) is 0 Å². The summed E-state index contributed by atoms with van der Waals surface area (Å²) in [5.74, 6) is 0.881. The molecule has 6 rings (SSSR count). The minimum atomic E-state index is 0.881. The van der Waals surface area contributed by atoms with Crippen LogP contribution >= 0.6 is 0 Å². The van der Waals surface area contributed by atoms with E-state index in [1.807, 2.05) is 0 Å². The SMILES string of the molecule is Cc1cc2c(-c3ccccc3)cc(-c3ccc4ccccc4c3)[o+]c2c2ccccc12. The topological polar surface area (TPSA) is 11.3 Å². The first-order valence-corrected chi connectivity index (χ1v) is 10.6. The van der Waals surface area contributed by atoms with Gasteiger partial charge in [-0.25, -0.2) is 4.42 Å². The maximum atomic E-state index is 6.63. The molecule has 0 saturated carbocycles. The van der Waals surface area contributed by atoms with Gasteiger partial charge in [0.05, 0.1) is 22.4 Å². The summed E-state index contributed by atoms with van der Waals surface area (Å²) in [6.45, 7) is 2.17. The number of benzene rings is 5. The molecule has 0 amide bonds. The molecule has 1 nitrogen and oxygen atoms in total. The van der Waals surface area contributed by atoms with E-state index in [9.17, 15) is 0 Å². The maximum Gasteiger partial charge on any atom is 0.369 e. The predicted octanol–water partition coefficient (Wildman–Crippen LogP) is 8.66. The molecule has 0 radical (unpaired) electrons. The van der Waals surface area contributed by atoms with Gasteiger partial charge in [-0.15, -0.1) is 0 Å². The van der Waals surface area contributed by atoms with Crippen molar-refractivity contribution in [1.29, 1.82) is 0 Å². The minimum Gasteiger partial charge on any atom is -0.206 e. The second-order valence-electron chi connectivity index (χ2n) is 8.07. The van der Waals surface area contributed by atoms with Crippen LogP contribution in [0.2, 0.25) is 0 Å². The highest BCUT2D eigenvalue weighted by Crippen LogP contribution is 2.39. The highest BCUT2D eigenvalue weighted by molar-refractivity contribution is 6.10. The molecule has 0 spiro atoms. The van der Waals surface area contributed by atoms with Crippen LogP contribution in [0.4, 0.5) is 0 Å². The van der Waals surface area contributed by atoms with Crippen LogP contribution < -0.4 is 0 Å². The minimum absolute atomic E-state index is 0.881. The van der Waals surface area contributed by atoms with Crippen molar-refractivity contribution in [3.63, 3.8) is 0 Å². The van der Waals surface area contributed by atoms with Gasteiger partial charge < -0.3 is 0 Å². The van der Waals surface area contributed by atoms with Crippen LogP contribution in [-0.4, -0.2) is 0 Å². The molecular weight excluding hydrogens is 376 g/mol. The van der Waals surface area contributed by atoms with E-state index in [4.69, 9.17) is 4.42 Å². The van der Waals surface area contributed by atoms with Gasteiger partial charge in [0.15, 0.2) is 0 Å². The van der Waals surface area contributed by atoms with Gasteiger partial charge in [0, 0.05) is 5.56 Å². The van der Waals surface area contributed by atoms with Gasteiger partial charge in [0.1, 0.15) is 0 Å². The highest BCUT2D eigenvalue weighted by Gasteiger charge is 2.23. The lowest BCUT2D eigenvalue weighted by Crippen LogP contribution is -1.89. The van der Waals surface area contributed by atoms with E-state index in [0.717, 1.165) is 27.7 Å². The van der Waals surface area contributed by atoms with E-state index in [2.05, 4.69) is 116 Å². The third kappa shape index (κ3) is 2.98. The Labute approximate surface area is 181 Å². The summed E-state index contributed by atoms with van der Waals surface area (Å²) in [5.41, 5.74) is 5.67. The van der Waals surface area contributed by atoms with Gasteiger partial charge >= 0.3 is 11.3 Å². The van der Waals surface area contributed by atoms with Crippen molar-refractivity contribution in [2.75, 3.05) is 0 Å². The van der Waals surface area contributed by atoms with Gasteiger partial charge in [0.25, 0.3) is 0 Å². The zero-order chi connectivity index (χ0) is 20.8. The van der Waals surface area contributed by atoms with E-state index < -0.39 is 0 Å². The molecule has 0 aliphatic heterocycles. The Bertz CT molecular complexity index is 1580. The number of rotatable bonds is 2. The Hall–Kier alpha value is -3.97. The lowest BCUT2D eigenvalue weighted by molar-refractivity contribution is 0.624. The molecule has 6 aromatic rings. The van der Waals surface area contributed by atoms with Gasteiger partial charge in [0.2, 0.25) is 0 Å². The molecular formula is C30H21O+. The average Bonchev–Trinajstić information content (AvgIpc) is 2.84. The van der Waals surface area contributed by atoms with Crippen molar-refractivity contribution >= 4 is 32.5 Å². The smallest absolute Gasteiger partial charge is 0.206 e. The molecule has 1 heteroatoms. The summed E-state index contributed by atoms with van der Waals surface area (Å²) in [7, 11) is 0. The standard InChI is InChI=1S/C30H21O/c1-20-17-28-27(22-10-3-2-4-11-22)19-29(31-30(28)26-14-8-7-13-25(20)26)24-16-15-21-9-5-6-12-23(21)18-24/h2-19H,1H3/q+1. The Morgan fingerprint density at radius 2 is 1.23 bits per heavy atom. The Morgan fingerprint density at radius 1 is 0.516 bits per heavy atom. The number of fused-ring (bicyclic) bond motifs is 4. The Kier molecular flexibility index (Phi) is 4.07. The van der Waals surface area contributed by atoms with Crippen LogP contribution in [0.1, 0.15) is 5.56 Å². The van der Waals surface area contributed by atoms with Gasteiger partial charge in [-0.1, -0.05) is 78.9 Å². The van der Waals surface area contributed by atoms with E-state index in [0.29, 0.717) is 0 Å². The lowest BCUT2D eigenvalue weighted by Gasteiger charge is -2.07. The molecule has 5 aromatic carbocycles. The second-order valence-corrected chi connectivity index (χ2v) is 8.07. The monoisotopic (exact) mass is 397 g/mol. The second kappa shape index (κ2) is 7.07. The van der Waals surface area contributed by atoms with Crippen molar-refractivity contribution in [3.05, 3.63) is 115 Å². The molecule has 0 aliphatic rings. The normalized spacial score (nSPS) is 11.4. The van der Waals surface area contributed by atoms with Crippen molar-refractivity contribution in [2.45, 2.75) is 6.92 Å². The van der Waals surface area contributed by atoms with Crippen molar-refractivity contribution in [1.82, 2.24) is 0 Å². The van der Waals surface area contributed by atoms with Crippen LogP contribution in [0.15, 0.2) is 114 Å². The Balaban J connectivity index is 1.72. The van der Waals surface area contributed by atoms with E-state index in [1.54, 1.807) is 0 Å². The molecule has 31 heavy (non-hydrogen) atoms. The zero-order valence-corrected chi connectivity index (χ0v) is 17.3. The summed E-state index contributed by atoms with van der Waals surface area (Å²) < 4.78 is 6.63. The first kappa shape index (κ1) is 17.9. The number of aryl methyl sites for hydroxylation is 1. The van der Waals surface area contributed by atoms with Crippen LogP contribution in [0, 0.1) is 6.92 Å². The molecule has 146 valence electrons. The van der Waals surface area contributed by atoms with E-state index in [-0.39, 0.29) is 0 Å². The third-order valence-corrected chi connectivity index (χ3v) is 6.10. The molecule has 0 N–H and O–H groups in total. The lowest BCUT2D eigenvalue weighted by atomic mass is 9.95. The highest BCUT2D eigenvalue weighted by atomic mass is 16.3. The fourth-order valence-corrected chi connectivity index (χ4v) is 4.53. The molecule has 0 saturated heterocycles. The molecule has 0 atom stereocenters. The van der Waals surface area contributed by atoms with Gasteiger partial charge in [-0.3, -0.25) is 0 Å². The number of hydrogen-bond acceptors (Lipinski definition) is 0. The first-order valence-electron chi connectivity index (χ1n) is 10.6. The fraction of sp³-hybridized carbons (Fsp3) is 0.0333. The van der Waals surface area contributed by atoms with Crippen molar-refractivity contribution in [2.24, 2.45) is 0 Å². The fourth-order valence-electron chi connectivity index (χ4n) is 4.53. The summed E-state index contributed by atoms with van der Waals surface area (Å²) in [6.07, 6.45) is 0.